The molecule has 190 valence electrons. The summed E-state index contributed by atoms with van der Waals surface area (Å²) in [6, 6.07) is 44.9. The molecule has 2 heterocycles. The van der Waals surface area contributed by atoms with Gasteiger partial charge in [-0.3, -0.25) is 0 Å². The number of rotatable bonds is 2. The van der Waals surface area contributed by atoms with Crippen molar-refractivity contribution in [1.29, 1.82) is 0 Å². The van der Waals surface area contributed by atoms with Crippen molar-refractivity contribution in [2.45, 2.75) is 25.7 Å². The molecule has 9 rings (SSSR count). The molecule has 2 aromatic heterocycles. The highest BCUT2D eigenvalue weighted by Crippen LogP contribution is 2.43. The first-order chi connectivity index (χ1) is 19.8. The van der Waals surface area contributed by atoms with Crippen molar-refractivity contribution in [2.24, 2.45) is 0 Å². The second kappa shape index (κ2) is 8.34. The van der Waals surface area contributed by atoms with Crippen LogP contribution < -0.4 is 0 Å². The van der Waals surface area contributed by atoms with Crippen LogP contribution in [0.1, 0.15) is 24.1 Å². The Morgan fingerprint density at radius 3 is 1.82 bits per heavy atom. The second-order valence-corrected chi connectivity index (χ2v) is 11.2. The third-order valence-electron chi connectivity index (χ3n) is 9.05. The van der Waals surface area contributed by atoms with Crippen LogP contribution in [-0.4, -0.2) is 9.13 Å². The number of aromatic nitrogens is 2. The van der Waals surface area contributed by atoms with Gasteiger partial charge in [0.25, 0.3) is 0 Å². The molecule has 0 radical (unpaired) electrons. The summed E-state index contributed by atoms with van der Waals surface area (Å²) >= 11 is 0. The van der Waals surface area contributed by atoms with E-state index >= 15 is 0 Å². The lowest BCUT2D eigenvalue weighted by Crippen LogP contribution is -2.07. The molecule has 0 unspecified atom stereocenters. The van der Waals surface area contributed by atoms with Gasteiger partial charge in [0.15, 0.2) is 0 Å². The van der Waals surface area contributed by atoms with Gasteiger partial charge in [0.1, 0.15) is 0 Å². The zero-order valence-electron chi connectivity index (χ0n) is 22.3. The van der Waals surface area contributed by atoms with Crippen molar-refractivity contribution in [3.8, 4) is 11.4 Å². The first-order valence-corrected chi connectivity index (χ1v) is 14.4. The Morgan fingerprint density at radius 2 is 1.07 bits per heavy atom. The highest BCUT2D eigenvalue weighted by molar-refractivity contribution is 6.21. The lowest BCUT2D eigenvalue weighted by Gasteiger charge is -2.17. The molecule has 0 saturated heterocycles. The molecule has 1 aliphatic carbocycles. The van der Waals surface area contributed by atoms with E-state index in [1.54, 1.807) is 5.56 Å². The summed E-state index contributed by atoms with van der Waals surface area (Å²) < 4.78 is 5.07. The predicted octanol–water partition coefficient (Wildman–Crippen LogP) is 9.91. The lowest BCUT2D eigenvalue weighted by atomic mass is 9.95. The van der Waals surface area contributed by atoms with E-state index in [0.717, 1.165) is 12.8 Å². The summed E-state index contributed by atoms with van der Waals surface area (Å²) in [6.45, 7) is 0. The molecule has 8 aromatic rings. The Balaban J connectivity index is 1.44. The molecule has 0 saturated carbocycles. The van der Waals surface area contributed by atoms with Crippen molar-refractivity contribution >= 4 is 54.3 Å². The maximum Gasteiger partial charge on any atom is 0.0634 e. The van der Waals surface area contributed by atoms with Gasteiger partial charge in [-0.1, -0.05) is 84.9 Å². The zero-order valence-corrected chi connectivity index (χ0v) is 22.3. The zero-order chi connectivity index (χ0) is 26.2. The molecule has 2 nitrogen and oxygen atoms in total. The Kier molecular flexibility index (Phi) is 4.59. The predicted molar refractivity (Wildman–Crippen MR) is 169 cm³/mol. The Hall–Kier alpha value is -4.82. The number of fused-ring (bicyclic) bond motifs is 9. The van der Waals surface area contributed by atoms with Gasteiger partial charge in [-0.15, -0.1) is 0 Å². The van der Waals surface area contributed by atoms with E-state index in [0.29, 0.717) is 0 Å². The van der Waals surface area contributed by atoms with E-state index in [9.17, 15) is 0 Å². The SMILES string of the molecule is c1ccc2cc(-n3c4c(c5ccc6c(c7ccccc7n6-c6ccc7ccccc7c6)c53)CCCC4)ccc2c1. The first-order valence-electron chi connectivity index (χ1n) is 14.4. The third-order valence-corrected chi connectivity index (χ3v) is 9.05. The number of para-hydroxylation sites is 1. The van der Waals surface area contributed by atoms with E-state index in [1.165, 1.54) is 84.2 Å². The molecular formula is C38H28N2. The smallest absolute Gasteiger partial charge is 0.0634 e. The molecule has 0 spiro atoms. The van der Waals surface area contributed by atoms with Crippen LogP contribution in [-0.2, 0) is 12.8 Å². The molecular weight excluding hydrogens is 484 g/mol. The van der Waals surface area contributed by atoms with Gasteiger partial charge < -0.3 is 9.13 Å². The highest BCUT2D eigenvalue weighted by Gasteiger charge is 2.25. The van der Waals surface area contributed by atoms with Crippen molar-refractivity contribution in [1.82, 2.24) is 9.13 Å². The van der Waals surface area contributed by atoms with E-state index in [1.807, 2.05) is 0 Å². The van der Waals surface area contributed by atoms with Gasteiger partial charge in [0.05, 0.1) is 16.6 Å². The van der Waals surface area contributed by atoms with Crippen molar-refractivity contribution in [3.05, 3.63) is 133 Å². The average molecular weight is 513 g/mol. The minimum atomic E-state index is 1.13. The lowest BCUT2D eigenvalue weighted by molar-refractivity contribution is 0.667. The van der Waals surface area contributed by atoms with Crippen LogP contribution in [0.3, 0.4) is 0 Å². The molecule has 0 N–H and O–H groups in total. The Morgan fingerprint density at radius 1 is 0.450 bits per heavy atom. The number of hydrogen-bond acceptors (Lipinski definition) is 0. The highest BCUT2D eigenvalue weighted by atomic mass is 15.0. The maximum absolute atomic E-state index is 2.61. The fraction of sp³-hybridized carbons (Fsp3) is 0.105. The van der Waals surface area contributed by atoms with Gasteiger partial charge in [0.2, 0.25) is 0 Å². The average Bonchev–Trinajstić information content (AvgIpc) is 3.53. The molecule has 6 aromatic carbocycles. The van der Waals surface area contributed by atoms with Crippen LogP contribution >= 0.6 is 0 Å². The largest absolute Gasteiger partial charge is 0.313 e. The van der Waals surface area contributed by atoms with E-state index < -0.39 is 0 Å². The minimum Gasteiger partial charge on any atom is -0.313 e. The van der Waals surface area contributed by atoms with E-state index in [-0.39, 0.29) is 0 Å². The van der Waals surface area contributed by atoms with Gasteiger partial charge in [0, 0.05) is 33.2 Å². The van der Waals surface area contributed by atoms with Gasteiger partial charge >= 0.3 is 0 Å². The van der Waals surface area contributed by atoms with Crippen LogP contribution in [0, 0.1) is 0 Å². The summed E-state index contributed by atoms with van der Waals surface area (Å²) in [7, 11) is 0. The van der Waals surface area contributed by atoms with Crippen LogP contribution in [0.2, 0.25) is 0 Å². The Bertz CT molecular complexity index is 2280. The normalized spacial score (nSPS) is 13.6. The van der Waals surface area contributed by atoms with Gasteiger partial charge in [-0.25, -0.2) is 0 Å². The fourth-order valence-corrected chi connectivity index (χ4v) is 7.27. The molecule has 0 amide bonds. The minimum absolute atomic E-state index is 1.13. The van der Waals surface area contributed by atoms with Gasteiger partial charge in [-0.05, 0) is 89.2 Å². The first kappa shape index (κ1) is 22.0. The standard InChI is InChI=1S/C38H28N2/c1-3-11-27-23-29(19-17-25(27)9-1)39-35-16-8-6-14-33(35)37-36(39)22-21-32-31-13-5-7-15-34(31)40(38(32)37)30-20-18-26-10-2-4-12-28(26)24-30/h1-4,6,8-12,14,16-24H,5,7,13,15H2. The van der Waals surface area contributed by atoms with E-state index in [4.69, 9.17) is 0 Å². The number of nitrogens with zero attached hydrogens (tertiary/aromatic N) is 2. The van der Waals surface area contributed by atoms with Crippen LogP contribution in [0.5, 0.6) is 0 Å². The second-order valence-electron chi connectivity index (χ2n) is 11.2. The third kappa shape index (κ3) is 3.05. The molecule has 2 heteroatoms. The quantitative estimate of drug-likeness (QED) is 0.218. The summed E-state index contributed by atoms with van der Waals surface area (Å²) in [5.41, 5.74) is 9.38. The van der Waals surface area contributed by atoms with Crippen molar-refractivity contribution in [3.63, 3.8) is 0 Å². The van der Waals surface area contributed by atoms with Crippen LogP contribution in [0.15, 0.2) is 121 Å². The maximum atomic E-state index is 2.61. The summed E-state index contributed by atoms with van der Waals surface area (Å²) in [5.74, 6) is 0. The fourth-order valence-electron chi connectivity index (χ4n) is 7.27. The van der Waals surface area contributed by atoms with Crippen LogP contribution in [0.4, 0.5) is 0 Å². The monoisotopic (exact) mass is 512 g/mol. The van der Waals surface area contributed by atoms with Gasteiger partial charge in [-0.2, -0.15) is 0 Å². The summed E-state index contributed by atoms with van der Waals surface area (Å²) in [6.07, 6.45) is 4.79. The van der Waals surface area contributed by atoms with Crippen LogP contribution in [0.25, 0.3) is 65.6 Å². The Labute approximate surface area is 232 Å². The molecule has 0 aliphatic heterocycles. The molecule has 0 bridgehead atoms. The molecule has 0 fully saturated rings. The molecule has 1 aliphatic rings. The van der Waals surface area contributed by atoms with Crippen molar-refractivity contribution in [2.75, 3.05) is 0 Å². The summed E-state index contributed by atoms with van der Waals surface area (Å²) in [5, 5.41) is 9.19. The topological polar surface area (TPSA) is 9.86 Å². The number of hydrogen-bond donors (Lipinski definition) is 0. The van der Waals surface area contributed by atoms with Crippen molar-refractivity contribution < 1.29 is 0 Å². The summed E-state index contributed by atoms with van der Waals surface area (Å²) in [4.78, 5) is 0. The number of benzene rings is 6. The van der Waals surface area contributed by atoms with E-state index in [2.05, 4.69) is 130 Å². The molecule has 0 atom stereocenters. The molecule has 40 heavy (non-hydrogen) atoms. The number of aryl methyl sites for hydroxylation is 1.